The molecule has 4 aromatic rings. The van der Waals surface area contributed by atoms with Crippen LogP contribution in [-0.4, -0.2) is 4.98 Å². The minimum absolute atomic E-state index is 0.337. The van der Waals surface area contributed by atoms with Gasteiger partial charge in [0.05, 0.1) is 0 Å². The molecule has 0 N–H and O–H groups in total. The summed E-state index contributed by atoms with van der Waals surface area (Å²) in [6.07, 6.45) is 2.02. The van der Waals surface area contributed by atoms with Crippen LogP contribution in [0.4, 0.5) is 4.39 Å². The average Bonchev–Trinajstić information content (AvgIpc) is 2.83. The van der Waals surface area contributed by atoms with E-state index in [0.717, 1.165) is 33.2 Å². The third-order valence-electron chi connectivity index (χ3n) is 3.98. The molecule has 3 aromatic heterocycles. The molecule has 108 valence electrons. The van der Waals surface area contributed by atoms with E-state index in [4.69, 9.17) is 4.42 Å². The Morgan fingerprint density at radius 2 is 1.95 bits per heavy atom. The van der Waals surface area contributed by atoms with Crippen LogP contribution in [0.3, 0.4) is 0 Å². The number of benzene rings is 1. The lowest BCUT2D eigenvalue weighted by Crippen LogP contribution is -2.30. The topological polar surface area (TPSA) is 29.9 Å². The molecule has 0 fully saturated rings. The predicted molar refractivity (Wildman–Crippen MR) is 82.8 cm³/mol. The molecular weight excluding hydrogens is 279 g/mol. The second kappa shape index (κ2) is 4.63. The lowest BCUT2D eigenvalue weighted by Gasteiger charge is -2.04. The van der Waals surface area contributed by atoms with Crippen molar-refractivity contribution >= 4 is 22.1 Å². The molecule has 0 aliphatic carbocycles. The van der Waals surface area contributed by atoms with Crippen LogP contribution in [0.15, 0.2) is 53.1 Å². The molecule has 0 unspecified atom stereocenters. The van der Waals surface area contributed by atoms with Crippen LogP contribution in [0.5, 0.6) is 0 Å². The first-order valence-corrected chi connectivity index (χ1v) is 7.08. The normalized spacial score (nSPS) is 11.4. The highest BCUT2D eigenvalue weighted by atomic mass is 19.1. The summed E-state index contributed by atoms with van der Waals surface area (Å²) in [5.74, 6) is -0.530. The first kappa shape index (κ1) is 13.0. The van der Waals surface area contributed by atoms with E-state index in [1.165, 1.54) is 6.07 Å². The highest BCUT2D eigenvalue weighted by molar-refractivity contribution is 6.05. The lowest BCUT2D eigenvalue weighted by molar-refractivity contribution is -0.660. The number of nitrogens with zero attached hydrogens (tertiary/aromatic N) is 2. The molecule has 0 amide bonds. The number of aromatic nitrogens is 2. The van der Waals surface area contributed by atoms with Crippen molar-refractivity contribution in [2.45, 2.75) is 6.92 Å². The summed E-state index contributed by atoms with van der Waals surface area (Å²) in [6.45, 7) is 2.04. The zero-order chi connectivity index (χ0) is 15.3. The van der Waals surface area contributed by atoms with Gasteiger partial charge in [-0.1, -0.05) is 0 Å². The molecule has 0 saturated carbocycles. The summed E-state index contributed by atoms with van der Waals surface area (Å²) in [5.41, 5.74) is 4.42. The highest BCUT2D eigenvalue weighted by Crippen LogP contribution is 2.33. The summed E-state index contributed by atoms with van der Waals surface area (Å²) < 4.78 is 21.0. The summed E-state index contributed by atoms with van der Waals surface area (Å²) in [6, 6.07) is 13.2. The fourth-order valence-electron chi connectivity index (χ4n) is 2.86. The first-order chi connectivity index (χ1) is 10.6. The summed E-state index contributed by atoms with van der Waals surface area (Å²) in [5, 5.41) is 1.78. The third kappa shape index (κ3) is 1.88. The van der Waals surface area contributed by atoms with Crippen molar-refractivity contribution in [3.63, 3.8) is 0 Å². The zero-order valence-electron chi connectivity index (χ0n) is 12.3. The molecule has 0 aliphatic rings. The van der Waals surface area contributed by atoms with Crippen LogP contribution >= 0.6 is 0 Å². The molecule has 3 nitrogen and oxygen atoms in total. The molecule has 0 saturated heterocycles. The predicted octanol–water partition coefficient (Wildman–Crippen LogP) is 3.92. The summed E-state index contributed by atoms with van der Waals surface area (Å²) in [7, 11) is 2.02. The van der Waals surface area contributed by atoms with Crippen molar-refractivity contribution in [1.82, 2.24) is 4.98 Å². The van der Waals surface area contributed by atoms with Gasteiger partial charge in [-0.3, -0.25) is 0 Å². The molecule has 4 heteroatoms. The number of rotatable bonds is 1. The Balaban J connectivity index is 2.07. The second-order valence-electron chi connectivity index (χ2n) is 5.45. The minimum Gasteiger partial charge on any atom is -0.438 e. The van der Waals surface area contributed by atoms with Gasteiger partial charge >= 0.3 is 0 Å². The number of furan rings is 1. The smallest absolute Gasteiger partial charge is 0.229 e. The Morgan fingerprint density at radius 1 is 1.09 bits per heavy atom. The molecule has 0 aliphatic heterocycles. The largest absolute Gasteiger partial charge is 0.438 e. The molecule has 4 rings (SSSR count). The van der Waals surface area contributed by atoms with Gasteiger partial charge in [-0.25, -0.2) is 4.57 Å². The van der Waals surface area contributed by atoms with E-state index in [0.29, 0.717) is 5.71 Å². The Hall–Kier alpha value is -2.75. The van der Waals surface area contributed by atoms with Gasteiger partial charge in [-0.15, -0.1) is 0 Å². The lowest BCUT2D eigenvalue weighted by atomic mass is 10.0. The first-order valence-electron chi connectivity index (χ1n) is 7.08. The number of hydrogen-bond donors (Lipinski definition) is 0. The minimum atomic E-state index is -0.530. The number of hydrogen-bond acceptors (Lipinski definition) is 2. The maximum Gasteiger partial charge on any atom is 0.229 e. The number of aryl methyl sites for hydroxylation is 2. The molecule has 0 radical (unpaired) electrons. The maximum atomic E-state index is 13.3. The summed E-state index contributed by atoms with van der Waals surface area (Å²) >= 11 is 0. The van der Waals surface area contributed by atoms with Crippen LogP contribution in [0, 0.1) is 12.9 Å². The standard InChI is InChI=1S/C18H14FN2O/c1-11-9-16-14(12-6-7-17(19)20-18(12)22-16)10-13(11)15-5-3-4-8-21(15)2/h3-10H,1-2H3/q+1. The van der Waals surface area contributed by atoms with Crippen molar-refractivity contribution in [3.8, 4) is 11.3 Å². The molecule has 22 heavy (non-hydrogen) atoms. The van der Waals surface area contributed by atoms with Crippen molar-refractivity contribution in [2.24, 2.45) is 7.05 Å². The van der Waals surface area contributed by atoms with Gasteiger partial charge in [0.2, 0.25) is 17.4 Å². The summed E-state index contributed by atoms with van der Waals surface area (Å²) in [4.78, 5) is 3.82. The van der Waals surface area contributed by atoms with Crippen molar-refractivity contribution < 1.29 is 13.4 Å². The molecule has 0 bridgehead atoms. The van der Waals surface area contributed by atoms with Crippen LogP contribution in [0.1, 0.15) is 5.56 Å². The van der Waals surface area contributed by atoms with E-state index in [-0.39, 0.29) is 0 Å². The van der Waals surface area contributed by atoms with Crippen LogP contribution < -0.4 is 4.57 Å². The Labute approximate surface area is 126 Å². The van der Waals surface area contributed by atoms with Crippen molar-refractivity contribution in [3.05, 3.63) is 60.2 Å². The average molecular weight is 293 g/mol. The molecule has 0 spiro atoms. The molecular formula is C18H14FN2O+. The van der Waals surface area contributed by atoms with Gasteiger partial charge < -0.3 is 4.42 Å². The van der Waals surface area contributed by atoms with E-state index < -0.39 is 5.95 Å². The monoisotopic (exact) mass is 293 g/mol. The highest BCUT2D eigenvalue weighted by Gasteiger charge is 2.16. The molecule has 0 atom stereocenters. The Kier molecular flexibility index (Phi) is 2.73. The zero-order valence-corrected chi connectivity index (χ0v) is 12.3. The van der Waals surface area contributed by atoms with E-state index >= 15 is 0 Å². The van der Waals surface area contributed by atoms with Crippen LogP contribution in [-0.2, 0) is 7.05 Å². The molecule has 1 aromatic carbocycles. The van der Waals surface area contributed by atoms with Gasteiger partial charge in [0, 0.05) is 28.5 Å². The third-order valence-corrected chi connectivity index (χ3v) is 3.98. The number of halogens is 1. The quantitative estimate of drug-likeness (QED) is 0.393. The van der Waals surface area contributed by atoms with Gasteiger partial charge in [0.1, 0.15) is 12.6 Å². The van der Waals surface area contributed by atoms with Gasteiger partial charge in [-0.05, 0) is 42.8 Å². The van der Waals surface area contributed by atoms with Gasteiger partial charge in [-0.2, -0.15) is 9.37 Å². The SMILES string of the molecule is Cc1cc2oc3nc(F)ccc3c2cc1-c1cccc[n+]1C. The number of fused-ring (bicyclic) bond motifs is 3. The fourth-order valence-corrected chi connectivity index (χ4v) is 2.86. The van der Waals surface area contributed by atoms with Gasteiger partial charge in [0.15, 0.2) is 6.20 Å². The van der Waals surface area contributed by atoms with Gasteiger partial charge in [0.25, 0.3) is 0 Å². The van der Waals surface area contributed by atoms with E-state index in [1.807, 2.05) is 38.4 Å². The molecule has 3 heterocycles. The van der Waals surface area contributed by atoms with Crippen molar-refractivity contribution in [2.75, 3.05) is 0 Å². The van der Waals surface area contributed by atoms with Crippen LogP contribution in [0.25, 0.3) is 33.3 Å². The Morgan fingerprint density at radius 3 is 2.77 bits per heavy atom. The van der Waals surface area contributed by atoms with Crippen LogP contribution in [0.2, 0.25) is 0 Å². The number of pyridine rings is 2. The second-order valence-corrected chi connectivity index (χ2v) is 5.45. The van der Waals surface area contributed by atoms with Crippen molar-refractivity contribution in [1.29, 1.82) is 0 Å². The van der Waals surface area contributed by atoms with E-state index in [2.05, 4.69) is 21.7 Å². The van der Waals surface area contributed by atoms with E-state index in [9.17, 15) is 4.39 Å². The fraction of sp³-hybridized carbons (Fsp3) is 0.111. The van der Waals surface area contributed by atoms with E-state index in [1.54, 1.807) is 6.07 Å². The Bertz CT molecular complexity index is 1020. The maximum absolute atomic E-state index is 13.3.